The van der Waals surface area contributed by atoms with Crippen LogP contribution >= 0.6 is 0 Å². The van der Waals surface area contributed by atoms with Gasteiger partial charge in [0.15, 0.2) is 0 Å². The van der Waals surface area contributed by atoms with Gasteiger partial charge < -0.3 is 21.1 Å². The van der Waals surface area contributed by atoms with Gasteiger partial charge in [-0.05, 0) is 18.9 Å². The van der Waals surface area contributed by atoms with Gasteiger partial charge in [-0.2, -0.15) is 8.78 Å². The van der Waals surface area contributed by atoms with Crippen molar-refractivity contribution in [1.82, 2.24) is 10.6 Å². The molecule has 0 spiro atoms. The first-order valence-corrected chi connectivity index (χ1v) is 7.58. The summed E-state index contributed by atoms with van der Waals surface area (Å²) >= 11 is 0. The van der Waals surface area contributed by atoms with Crippen LogP contribution in [0.2, 0.25) is 0 Å². The average Bonchev–Trinajstić information content (AvgIpc) is 2.51. The van der Waals surface area contributed by atoms with Crippen molar-refractivity contribution >= 4 is 11.8 Å². The molecule has 1 rings (SSSR count). The summed E-state index contributed by atoms with van der Waals surface area (Å²) in [7, 11) is 0. The molecular weight excluding hydrogens is 320 g/mol. The van der Waals surface area contributed by atoms with E-state index in [9.17, 15) is 18.4 Å². The van der Waals surface area contributed by atoms with E-state index in [-0.39, 0.29) is 18.2 Å². The first-order chi connectivity index (χ1) is 11.2. The van der Waals surface area contributed by atoms with E-state index in [0.29, 0.717) is 5.56 Å². The maximum absolute atomic E-state index is 12.4. The topological polar surface area (TPSA) is 93.5 Å². The monoisotopic (exact) mass is 343 g/mol. The van der Waals surface area contributed by atoms with E-state index in [1.54, 1.807) is 39.0 Å². The van der Waals surface area contributed by atoms with Crippen LogP contribution in [0.25, 0.3) is 0 Å². The van der Waals surface area contributed by atoms with Crippen molar-refractivity contribution < 1.29 is 23.1 Å². The Kier molecular flexibility index (Phi) is 7.57. The fourth-order valence-corrected chi connectivity index (χ4v) is 2.00. The normalized spacial score (nSPS) is 13.5. The van der Waals surface area contributed by atoms with Crippen molar-refractivity contribution in [1.29, 1.82) is 0 Å². The second kappa shape index (κ2) is 9.17. The number of halogens is 2. The van der Waals surface area contributed by atoms with Gasteiger partial charge in [0.1, 0.15) is 5.75 Å². The molecule has 8 heteroatoms. The highest BCUT2D eigenvalue weighted by Crippen LogP contribution is 2.26. The molecule has 0 saturated carbocycles. The third-order valence-corrected chi connectivity index (χ3v) is 3.42. The maximum atomic E-state index is 12.4. The van der Waals surface area contributed by atoms with Crippen LogP contribution in [0, 0.1) is 5.92 Å². The molecular formula is C16H23F2N3O3. The minimum atomic E-state index is -2.95. The van der Waals surface area contributed by atoms with Crippen LogP contribution < -0.4 is 21.1 Å². The lowest BCUT2D eigenvalue weighted by Crippen LogP contribution is -2.47. The van der Waals surface area contributed by atoms with E-state index in [4.69, 9.17) is 5.73 Å². The number of para-hydroxylation sites is 1. The Morgan fingerprint density at radius 2 is 1.83 bits per heavy atom. The highest BCUT2D eigenvalue weighted by atomic mass is 19.3. The Morgan fingerprint density at radius 3 is 2.42 bits per heavy atom. The molecule has 0 bridgehead atoms. The Morgan fingerprint density at radius 1 is 1.21 bits per heavy atom. The van der Waals surface area contributed by atoms with Crippen LogP contribution in [0.4, 0.5) is 8.78 Å². The zero-order chi connectivity index (χ0) is 18.3. The molecule has 0 radical (unpaired) electrons. The van der Waals surface area contributed by atoms with E-state index in [2.05, 4.69) is 15.4 Å². The zero-order valence-electron chi connectivity index (χ0n) is 13.9. The lowest BCUT2D eigenvalue weighted by Gasteiger charge is -2.19. The number of carbonyl (C=O) groups excluding carboxylic acids is 2. The quantitative estimate of drug-likeness (QED) is 0.668. The van der Waals surface area contributed by atoms with Gasteiger partial charge in [0.2, 0.25) is 11.8 Å². The molecule has 0 saturated heterocycles. The number of carbonyl (C=O) groups is 2. The van der Waals surface area contributed by atoms with Gasteiger partial charge in [-0.1, -0.05) is 32.0 Å². The van der Waals surface area contributed by atoms with Gasteiger partial charge in [-0.3, -0.25) is 9.59 Å². The number of nitrogens with one attached hydrogen (secondary N) is 2. The Hall–Kier alpha value is -2.22. The summed E-state index contributed by atoms with van der Waals surface area (Å²) in [5, 5.41) is 5.05. The van der Waals surface area contributed by atoms with Gasteiger partial charge in [-0.15, -0.1) is 0 Å². The summed E-state index contributed by atoms with van der Waals surface area (Å²) in [5.41, 5.74) is 6.09. The van der Waals surface area contributed by atoms with Gasteiger partial charge in [0.05, 0.1) is 18.6 Å². The third kappa shape index (κ3) is 6.11. The molecule has 1 aromatic carbocycles. The van der Waals surface area contributed by atoms with E-state index in [1.165, 1.54) is 6.07 Å². The molecule has 24 heavy (non-hydrogen) atoms. The van der Waals surface area contributed by atoms with Crippen LogP contribution in [-0.4, -0.2) is 31.0 Å². The van der Waals surface area contributed by atoms with E-state index >= 15 is 0 Å². The van der Waals surface area contributed by atoms with Gasteiger partial charge in [0, 0.05) is 5.56 Å². The minimum absolute atomic E-state index is 0.00818. The summed E-state index contributed by atoms with van der Waals surface area (Å²) < 4.78 is 29.2. The van der Waals surface area contributed by atoms with Crippen LogP contribution in [0.5, 0.6) is 5.75 Å². The molecule has 0 heterocycles. The summed E-state index contributed by atoms with van der Waals surface area (Å²) in [6, 6.07) is 4.92. The molecule has 0 aliphatic rings. The predicted octanol–water partition coefficient (Wildman–Crippen LogP) is 1.56. The van der Waals surface area contributed by atoms with Crippen LogP contribution in [0.3, 0.4) is 0 Å². The lowest BCUT2D eigenvalue weighted by molar-refractivity contribution is -0.127. The maximum Gasteiger partial charge on any atom is 0.387 e. The number of alkyl halides is 2. The number of hydrogen-bond acceptors (Lipinski definition) is 4. The fraction of sp³-hybridized carbons (Fsp3) is 0.500. The largest absolute Gasteiger partial charge is 0.434 e. The molecule has 1 aromatic rings. The summed E-state index contributed by atoms with van der Waals surface area (Å²) in [6.07, 6.45) is 0. The highest BCUT2D eigenvalue weighted by Gasteiger charge is 2.19. The first-order valence-electron chi connectivity index (χ1n) is 7.58. The summed E-state index contributed by atoms with van der Waals surface area (Å²) in [5.74, 6) is -0.940. The average molecular weight is 343 g/mol. The molecule has 2 amide bonds. The molecule has 0 aliphatic carbocycles. The van der Waals surface area contributed by atoms with Crippen molar-refractivity contribution in [2.45, 2.75) is 39.5 Å². The molecule has 6 nitrogen and oxygen atoms in total. The molecule has 2 atom stereocenters. The number of nitrogens with two attached hydrogens (primary N) is 1. The van der Waals surface area contributed by atoms with E-state index in [0.717, 1.165) is 0 Å². The number of rotatable bonds is 8. The molecule has 0 fully saturated rings. The smallest absolute Gasteiger partial charge is 0.387 e. The first kappa shape index (κ1) is 19.8. The van der Waals surface area contributed by atoms with Crippen LogP contribution in [0.15, 0.2) is 24.3 Å². The predicted molar refractivity (Wildman–Crippen MR) is 85.5 cm³/mol. The number of hydrogen-bond donors (Lipinski definition) is 3. The Bertz CT molecular complexity index is 567. The Labute approximate surface area is 139 Å². The molecule has 4 N–H and O–H groups in total. The highest BCUT2D eigenvalue weighted by molar-refractivity contribution is 5.87. The minimum Gasteiger partial charge on any atom is -0.434 e. The van der Waals surface area contributed by atoms with Crippen molar-refractivity contribution in [2.75, 3.05) is 6.54 Å². The van der Waals surface area contributed by atoms with Crippen molar-refractivity contribution in [2.24, 2.45) is 11.7 Å². The van der Waals surface area contributed by atoms with Gasteiger partial charge in [-0.25, -0.2) is 0 Å². The second-order valence-electron chi connectivity index (χ2n) is 5.69. The van der Waals surface area contributed by atoms with Crippen molar-refractivity contribution in [3.63, 3.8) is 0 Å². The Balaban J connectivity index is 2.60. The molecule has 134 valence electrons. The van der Waals surface area contributed by atoms with E-state index in [1.807, 2.05) is 0 Å². The fourth-order valence-electron chi connectivity index (χ4n) is 2.00. The number of benzene rings is 1. The van der Waals surface area contributed by atoms with Crippen molar-refractivity contribution in [3.8, 4) is 5.75 Å². The standard InChI is InChI=1S/C16H23F2N3O3/c1-9(2)14(19)15(23)20-8-13(22)21-10(3)11-6-4-5-7-12(11)24-16(17)18/h4-7,9-10,14,16H,8,19H2,1-3H3,(H,20,23)(H,21,22)/t10?,14-/m0/s1. The van der Waals surface area contributed by atoms with Crippen molar-refractivity contribution in [3.05, 3.63) is 29.8 Å². The summed E-state index contributed by atoms with van der Waals surface area (Å²) in [6.45, 7) is 2.03. The SMILES string of the molecule is CC(NC(=O)CNC(=O)[C@@H](N)C(C)C)c1ccccc1OC(F)F. The lowest BCUT2D eigenvalue weighted by atomic mass is 10.1. The van der Waals surface area contributed by atoms with Crippen LogP contribution in [0.1, 0.15) is 32.4 Å². The van der Waals surface area contributed by atoms with Crippen LogP contribution in [-0.2, 0) is 9.59 Å². The molecule has 0 aliphatic heterocycles. The molecule has 1 unspecified atom stereocenters. The third-order valence-electron chi connectivity index (χ3n) is 3.42. The van der Waals surface area contributed by atoms with Gasteiger partial charge >= 0.3 is 6.61 Å². The second-order valence-corrected chi connectivity index (χ2v) is 5.69. The van der Waals surface area contributed by atoms with E-state index < -0.39 is 30.5 Å². The summed E-state index contributed by atoms with van der Waals surface area (Å²) in [4.78, 5) is 23.6. The number of ether oxygens (including phenoxy) is 1. The van der Waals surface area contributed by atoms with Gasteiger partial charge in [0.25, 0.3) is 0 Å². The number of amides is 2. The molecule has 0 aromatic heterocycles. The zero-order valence-corrected chi connectivity index (χ0v) is 13.9.